The first-order chi connectivity index (χ1) is 11.6. The fraction of sp³-hybridized carbons (Fsp3) is 0.250. The number of rotatable bonds is 6. The van der Waals surface area contributed by atoms with Crippen LogP contribution in [0.4, 0.5) is 5.95 Å². The molecule has 0 amide bonds. The zero-order valence-corrected chi connectivity index (χ0v) is 14.2. The Labute approximate surface area is 143 Å². The van der Waals surface area contributed by atoms with Gasteiger partial charge in [-0.15, -0.1) is 11.3 Å². The SMILES string of the molecule is CC(=O)c1cnc(NCCc2csc(-c3cnccn3)n2)nc1C. The zero-order chi connectivity index (χ0) is 16.9. The van der Waals surface area contributed by atoms with Crippen LogP contribution in [0.15, 0.2) is 30.2 Å². The van der Waals surface area contributed by atoms with E-state index in [4.69, 9.17) is 0 Å². The fourth-order valence-corrected chi connectivity index (χ4v) is 2.96. The van der Waals surface area contributed by atoms with E-state index in [1.54, 1.807) is 43.0 Å². The lowest BCUT2D eigenvalue weighted by Gasteiger charge is -2.06. The van der Waals surface area contributed by atoms with Crippen molar-refractivity contribution in [1.82, 2.24) is 24.9 Å². The number of hydrogen-bond acceptors (Lipinski definition) is 8. The first kappa shape index (κ1) is 16.1. The average Bonchev–Trinajstić information content (AvgIpc) is 3.04. The van der Waals surface area contributed by atoms with Gasteiger partial charge < -0.3 is 5.32 Å². The highest BCUT2D eigenvalue weighted by Gasteiger charge is 2.08. The molecule has 0 aromatic carbocycles. The molecule has 0 saturated carbocycles. The number of ketones is 1. The Bertz CT molecular complexity index is 849. The summed E-state index contributed by atoms with van der Waals surface area (Å²) in [6.07, 6.45) is 7.30. The Balaban J connectivity index is 1.58. The number of thiazole rings is 1. The largest absolute Gasteiger partial charge is 0.354 e. The number of aryl methyl sites for hydroxylation is 1. The van der Waals surface area contributed by atoms with Crippen LogP contribution in [0.3, 0.4) is 0 Å². The second kappa shape index (κ2) is 7.22. The van der Waals surface area contributed by atoms with Crippen LogP contribution in [-0.4, -0.2) is 37.2 Å². The van der Waals surface area contributed by atoms with Gasteiger partial charge in [0.1, 0.15) is 10.7 Å². The fourth-order valence-electron chi connectivity index (χ4n) is 2.15. The summed E-state index contributed by atoms with van der Waals surface area (Å²) in [6, 6.07) is 0. The van der Waals surface area contributed by atoms with Crippen molar-refractivity contribution < 1.29 is 4.79 Å². The van der Waals surface area contributed by atoms with Gasteiger partial charge in [-0.25, -0.2) is 15.0 Å². The van der Waals surface area contributed by atoms with Gasteiger partial charge in [-0.3, -0.25) is 14.8 Å². The van der Waals surface area contributed by atoms with Gasteiger partial charge in [-0.05, 0) is 13.8 Å². The molecule has 0 fully saturated rings. The molecule has 0 aliphatic heterocycles. The summed E-state index contributed by atoms with van der Waals surface area (Å²) in [6.45, 7) is 3.97. The highest BCUT2D eigenvalue weighted by Crippen LogP contribution is 2.20. The Kier molecular flexibility index (Phi) is 4.85. The van der Waals surface area contributed by atoms with E-state index in [1.165, 1.54) is 6.92 Å². The Morgan fingerprint density at radius 3 is 2.79 bits per heavy atom. The molecular weight excluding hydrogens is 324 g/mol. The van der Waals surface area contributed by atoms with E-state index in [0.717, 1.165) is 22.8 Å². The third-order valence-electron chi connectivity index (χ3n) is 3.36. The van der Waals surface area contributed by atoms with Gasteiger partial charge in [0.25, 0.3) is 0 Å². The Hall–Kier alpha value is -2.74. The predicted octanol–water partition coefficient (Wildman–Crippen LogP) is 2.56. The molecule has 0 saturated heterocycles. The molecule has 0 radical (unpaired) electrons. The molecule has 8 heteroatoms. The molecule has 3 aromatic rings. The van der Waals surface area contributed by atoms with Gasteiger partial charge >= 0.3 is 0 Å². The summed E-state index contributed by atoms with van der Waals surface area (Å²) < 4.78 is 0. The van der Waals surface area contributed by atoms with Gasteiger partial charge in [0.2, 0.25) is 5.95 Å². The van der Waals surface area contributed by atoms with Crippen molar-refractivity contribution in [2.75, 3.05) is 11.9 Å². The number of Topliss-reactive ketones (excluding diaryl/α,β-unsaturated/α-hetero) is 1. The number of carbonyl (C=O) groups is 1. The molecule has 3 aromatic heterocycles. The third kappa shape index (κ3) is 3.77. The zero-order valence-electron chi connectivity index (χ0n) is 13.4. The monoisotopic (exact) mass is 340 g/mol. The molecule has 0 bridgehead atoms. The average molecular weight is 340 g/mol. The minimum Gasteiger partial charge on any atom is -0.354 e. The lowest BCUT2D eigenvalue weighted by molar-refractivity contribution is 0.101. The third-order valence-corrected chi connectivity index (χ3v) is 4.27. The van der Waals surface area contributed by atoms with Crippen molar-refractivity contribution in [3.63, 3.8) is 0 Å². The van der Waals surface area contributed by atoms with Crippen LogP contribution >= 0.6 is 11.3 Å². The molecule has 1 N–H and O–H groups in total. The van der Waals surface area contributed by atoms with E-state index in [2.05, 4.69) is 30.2 Å². The summed E-state index contributed by atoms with van der Waals surface area (Å²) in [7, 11) is 0. The van der Waals surface area contributed by atoms with Gasteiger partial charge in [0, 0.05) is 36.9 Å². The second-order valence-electron chi connectivity index (χ2n) is 5.16. The van der Waals surface area contributed by atoms with E-state index >= 15 is 0 Å². The molecule has 7 nitrogen and oxygen atoms in total. The maximum absolute atomic E-state index is 11.4. The first-order valence-electron chi connectivity index (χ1n) is 7.42. The van der Waals surface area contributed by atoms with Crippen molar-refractivity contribution >= 4 is 23.1 Å². The first-order valence-corrected chi connectivity index (χ1v) is 8.30. The molecule has 0 aliphatic carbocycles. The number of aromatic nitrogens is 5. The molecule has 0 unspecified atom stereocenters. The summed E-state index contributed by atoms with van der Waals surface area (Å²) in [4.78, 5) is 32.7. The molecule has 122 valence electrons. The number of nitrogens with one attached hydrogen (secondary N) is 1. The molecule has 24 heavy (non-hydrogen) atoms. The topological polar surface area (TPSA) is 93.6 Å². The van der Waals surface area contributed by atoms with E-state index in [9.17, 15) is 4.79 Å². The summed E-state index contributed by atoms with van der Waals surface area (Å²) in [5.74, 6) is 0.486. The van der Waals surface area contributed by atoms with Crippen LogP contribution in [0.1, 0.15) is 28.7 Å². The summed E-state index contributed by atoms with van der Waals surface area (Å²) >= 11 is 1.55. The maximum atomic E-state index is 11.4. The lowest BCUT2D eigenvalue weighted by Crippen LogP contribution is -2.10. The smallest absolute Gasteiger partial charge is 0.222 e. The highest BCUT2D eigenvalue weighted by molar-refractivity contribution is 7.13. The summed E-state index contributed by atoms with van der Waals surface area (Å²) in [5, 5.41) is 6.02. The minimum absolute atomic E-state index is 0.0296. The highest BCUT2D eigenvalue weighted by atomic mass is 32.1. The van der Waals surface area contributed by atoms with E-state index in [0.29, 0.717) is 23.8 Å². The molecule has 0 atom stereocenters. The standard InChI is InChI=1S/C16H16N6OS/c1-10-13(11(2)23)7-20-16(21-10)19-4-3-12-9-24-15(22-12)14-8-17-5-6-18-14/h5-9H,3-4H2,1-2H3,(H,19,20,21). The van der Waals surface area contributed by atoms with Crippen molar-refractivity contribution in [1.29, 1.82) is 0 Å². The van der Waals surface area contributed by atoms with Gasteiger partial charge in [-0.2, -0.15) is 0 Å². The van der Waals surface area contributed by atoms with Crippen molar-refractivity contribution in [2.45, 2.75) is 20.3 Å². The normalized spacial score (nSPS) is 10.6. The number of anilines is 1. The van der Waals surface area contributed by atoms with Crippen molar-refractivity contribution in [3.05, 3.63) is 47.1 Å². The number of hydrogen-bond donors (Lipinski definition) is 1. The van der Waals surface area contributed by atoms with Crippen LogP contribution < -0.4 is 5.32 Å². The quantitative estimate of drug-likeness (QED) is 0.689. The van der Waals surface area contributed by atoms with Gasteiger partial charge in [0.15, 0.2) is 5.78 Å². The summed E-state index contributed by atoms with van der Waals surface area (Å²) in [5.41, 5.74) is 2.98. The lowest BCUT2D eigenvalue weighted by atomic mass is 10.2. The molecule has 3 heterocycles. The van der Waals surface area contributed by atoms with Crippen molar-refractivity contribution in [3.8, 4) is 10.7 Å². The van der Waals surface area contributed by atoms with Crippen LogP contribution in [0.5, 0.6) is 0 Å². The molecule has 0 aliphatic rings. The minimum atomic E-state index is -0.0296. The van der Waals surface area contributed by atoms with Crippen LogP contribution in [0.2, 0.25) is 0 Å². The van der Waals surface area contributed by atoms with Gasteiger partial charge in [-0.1, -0.05) is 0 Å². The van der Waals surface area contributed by atoms with Crippen LogP contribution in [0, 0.1) is 6.92 Å². The number of carbonyl (C=O) groups excluding carboxylic acids is 1. The number of nitrogens with zero attached hydrogens (tertiary/aromatic N) is 5. The van der Waals surface area contributed by atoms with Crippen LogP contribution in [0.25, 0.3) is 10.7 Å². The maximum Gasteiger partial charge on any atom is 0.222 e. The van der Waals surface area contributed by atoms with Crippen molar-refractivity contribution in [2.24, 2.45) is 0 Å². The molecular formula is C16H16N6OS. The van der Waals surface area contributed by atoms with Crippen LogP contribution in [-0.2, 0) is 6.42 Å². The predicted molar refractivity (Wildman–Crippen MR) is 92.1 cm³/mol. The Morgan fingerprint density at radius 2 is 2.08 bits per heavy atom. The molecule has 0 spiro atoms. The van der Waals surface area contributed by atoms with E-state index in [1.807, 2.05) is 5.38 Å². The van der Waals surface area contributed by atoms with E-state index in [-0.39, 0.29) is 5.78 Å². The Morgan fingerprint density at radius 1 is 1.21 bits per heavy atom. The molecule has 3 rings (SSSR count). The van der Waals surface area contributed by atoms with E-state index < -0.39 is 0 Å². The second-order valence-corrected chi connectivity index (χ2v) is 6.02. The van der Waals surface area contributed by atoms with Gasteiger partial charge in [0.05, 0.1) is 23.1 Å².